The summed E-state index contributed by atoms with van der Waals surface area (Å²) < 4.78 is 0. The molecule has 0 aliphatic rings. The van der Waals surface area contributed by atoms with Crippen LogP contribution in [-0.4, -0.2) is 0 Å². The summed E-state index contributed by atoms with van der Waals surface area (Å²) in [5.41, 5.74) is 0.583. The average molecular weight is 214 g/mol. The monoisotopic (exact) mass is 214 g/mol. The van der Waals surface area contributed by atoms with Crippen LogP contribution in [0.3, 0.4) is 0 Å². The largest absolute Gasteiger partial charge is 0.0654 e. The van der Waals surface area contributed by atoms with Gasteiger partial charge in [0.2, 0.25) is 0 Å². The highest BCUT2D eigenvalue weighted by atomic mass is 14.3. The SMILES string of the molecule is CCC(C)(CC)C(C)C.CCCCCC. The summed E-state index contributed by atoms with van der Waals surface area (Å²) in [6.07, 6.45) is 8.15. The second-order valence-electron chi connectivity index (χ2n) is 5.22. The van der Waals surface area contributed by atoms with Crippen molar-refractivity contribution in [2.75, 3.05) is 0 Å². The van der Waals surface area contributed by atoms with Crippen LogP contribution in [0.15, 0.2) is 0 Å². The lowest BCUT2D eigenvalue weighted by Crippen LogP contribution is -2.20. The van der Waals surface area contributed by atoms with Gasteiger partial charge in [0.25, 0.3) is 0 Å². The first-order valence-electron chi connectivity index (χ1n) is 6.98. The highest BCUT2D eigenvalue weighted by molar-refractivity contribution is 4.73. The molecule has 0 atom stereocenters. The minimum atomic E-state index is 0.583. The fourth-order valence-corrected chi connectivity index (χ4v) is 1.57. The van der Waals surface area contributed by atoms with Crippen LogP contribution in [0.5, 0.6) is 0 Å². The van der Waals surface area contributed by atoms with E-state index < -0.39 is 0 Å². The first-order chi connectivity index (χ1) is 6.98. The molecule has 0 radical (unpaired) electrons. The Labute approximate surface area is 98.9 Å². The molecule has 0 aromatic heterocycles. The molecule has 0 heteroatoms. The van der Waals surface area contributed by atoms with Crippen LogP contribution < -0.4 is 0 Å². The van der Waals surface area contributed by atoms with E-state index in [9.17, 15) is 0 Å². The van der Waals surface area contributed by atoms with Crippen LogP contribution in [0, 0.1) is 11.3 Å². The van der Waals surface area contributed by atoms with Crippen molar-refractivity contribution in [3.05, 3.63) is 0 Å². The maximum Gasteiger partial charge on any atom is -0.0308 e. The molecule has 0 aliphatic heterocycles. The van der Waals surface area contributed by atoms with E-state index in [2.05, 4.69) is 48.5 Å². The number of hydrogen-bond acceptors (Lipinski definition) is 0. The van der Waals surface area contributed by atoms with Crippen molar-refractivity contribution in [2.45, 2.75) is 87.0 Å². The van der Waals surface area contributed by atoms with Crippen molar-refractivity contribution >= 4 is 0 Å². The van der Waals surface area contributed by atoms with Crippen LogP contribution in [0.1, 0.15) is 87.0 Å². The van der Waals surface area contributed by atoms with E-state index in [0.29, 0.717) is 5.41 Å². The third-order valence-corrected chi connectivity index (χ3v) is 3.97. The van der Waals surface area contributed by atoms with Gasteiger partial charge in [-0.25, -0.2) is 0 Å². The van der Waals surface area contributed by atoms with Gasteiger partial charge in [-0.05, 0) is 11.3 Å². The van der Waals surface area contributed by atoms with Gasteiger partial charge in [0.05, 0.1) is 0 Å². The molecule has 0 spiro atoms. The van der Waals surface area contributed by atoms with E-state index in [0.717, 1.165) is 5.92 Å². The van der Waals surface area contributed by atoms with Gasteiger partial charge >= 0.3 is 0 Å². The molecule has 0 aliphatic carbocycles. The lowest BCUT2D eigenvalue weighted by molar-refractivity contribution is 0.200. The molecule has 0 nitrogen and oxygen atoms in total. The Balaban J connectivity index is 0. The van der Waals surface area contributed by atoms with Crippen molar-refractivity contribution in [3.63, 3.8) is 0 Å². The predicted molar refractivity (Wildman–Crippen MR) is 73.3 cm³/mol. The summed E-state index contributed by atoms with van der Waals surface area (Å²) >= 11 is 0. The van der Waals surface area contributed by atoms with Gasteiger partial charge in [0, 0.05) is 0 Å². The Morgan fingerprint density at radius 2 is 1.13 bits per heavy atom. The topological polar surface area (TPSA) is 0 Å². The zero-order chi connectivity index (χ0) is 12.3. The molecule has 0 saturated carbocycles. The Morgan fingerprint density at radius 3 is 1.20 bits per heavy atom. The van der Waals surface area contributed by atoms with E-state index >= 15 is 0 Å². The molecule has 0 bridgehead atoms. The minimum Gasteiger partial charge on any atom is -0.0654 e. The lowest BCUT2D eigenvalue weighted by Gasteiger charge is -2.31. The van der Waals surface area contributed by atoms with Gasteiger partial charge in [-0.15, -0.1) is 0 Å². The van der Waals surface area contributed by atoms with Crippen LogP contribution in [0.4, 0.5) is 0 Å². The van der Waals surface area contributed by atoms with Crippen LogP contribution >= 0.6 is 0 Å². The molecule has 0 fully saturated rings. The maximum absolute atomic E-state index is 2.37. The summed E-state index contributed by atoms with van der Waals surface area (Å²) in [4.78, 5) is 0. The second-order valence-corrected chi connectivity index (χ2v) is 5.22. The Morgan fingerprint density at radius 1 is 0.800 bits per heavy atom. The quantitative estimate of drug-likeness (QED) is 0.472. The number of unbranched alkanes of at least 4 members (excludes halogenated alkanes) is 3. The fraction of sp³-hybridized carbons (Fsp3) is 1.00. The third kappa shape index (κ3) is 8.96. The summed E-state index contributed by atoms with van der Waals surface area (Å²) in [6.45, 7) is 16.0. The highest BCUT2D eigenvalue weighted by Crippen LogP contribution is 2.33. The van der Waals surface area contributed by atoms with Crippen LogP contribution in [0.2, 0.25) is 0 Å². The van der Waals surface area contributed by atoms with Gasteiger partial charge in [-0.1, -0.05) is 87.0 Å². The van der Waals surface area contributed by atoms with Crippen LogP contribution in [0.25, 0.3) is 0 Å². The van der Waals surface area contributed by atoms with Crippen LogP contribution in [-0.2, 0) is 0 Å². The normalized spacial score (nSPS) is 11.2. The van der Waals surface area contributed by atoms with E-state index in [1.807, 2.05) is 0 Å². The van der Waals surface area contributed by atoms with E-state index in [-0.39, 0.29) is 0 Å². The molecule has 0 saturated heterocycles. The summed E-state index contributed by atoms with van der Waals surface area (Å²) in [6, 6.07) is 0. The molecule has 0 unspecified atom stereocenters. The summed E-state index contributed by atoms with van der Waals surface area (Å²) in [5.74, 6) is 0.826. The maximum atomic E-state index is 2.37. The molecule has 0 aromatic rings. The molecule has 94 valence electrons. The standard InChI is InChI=1S/C9H20.C6H14/c1-6-9(5,7-2)8(3)4;1-3-5-6-4-2/h8H,6-7H2,1-5H3;3-6H2,1-2H3. The van der Waals surface area contributed by atoms with Gasteiger partial charge in [0.15, 0.2) is 0 Å². The first kappa shape index (κ1) is 17.4. The summed E-state index contributed by atoms with van der Waals surface area (Å²) in [5, 5.41) is 0. The van der Waals surface area contributed by atoms with E-state index in [1.54, 1.807) is 0 Å². The van der Waals surface area contributed by atoms with Crippen molar-refractivity contribution in [1.29, 1.82) is 0 Å². The van der Waals surface area contributed by atoms with Crippen molar-refractivity contribution in [2.24, 2.45) is 11.3 Å². The smallest absolute Gasteiger partial charge is 0.0308 e. The molecule has 0 amide bonds. The fourth-order valence-electron chi connectivity index (χ4n) is 1.57. The zero-order valence-electron chi connectivity index (χ0n) is 12.3. The molecule has 0 heterocycles. The molecular weight excluding hydrogens is 180 g/mol. The van der Waals surface area contributed by atoms with E-state index in [1.165, 1.54) is 38.5 Å². The van der Waals surface area contributed by atoms with Gasteiger partial charge < -0.3 is 0 Å². The molecule has 0 aromatic carbocycles. The van der Waals surface area contributed by atoms with Gasteiger partial charge in [0.1, 0.15) is 0 Å². The Bertz CT molecular complexity index is 105. The highest BCUT2D eigenvalue weighted by Gasteiger charge is 2.22. The van der Waals surface area contributed by atoms with E-state index in [4.69, 9.17) is 0 Å². The third-order valence-electron chi connectivity index (χ3n) is 3.97. The predicted octanol–water partition coefficient (Wildman–Crippen LogP) is 6.06. The second kappa shape index (κ2) is 10.5. The number of hydrogen-bond donors (Lipinski definition) is 0. The van der Waals surface area contributed by atoms with Gasteiger partial charge in [-0.2, -0.15) is 0 Å². The Hall–Kier alpha value is 0. The van der Waals surface area contributed by atoms with Gasteiger partial charge in [-0.3, -0.25) is 0 Å². The summed E-state index contributed by atoms with van der Waals surface area (Å²) in [7, 11) is 0. The molecular formula is C15H34. The average Bonchev–Trinajstić information content (AvgIpc) is 2.25. The minimum absolute atomic E-state index is 0.583. The number of rotatable bonds is 6. The zero-order valence-corrected chi connectivity index (χ0v) is 12.3. The van der Waals surface area contributed by atoms with Crippen molar-refractivity contribution in [1.82, 2.24) is 0 Å². The van der Waals surface area contributed by atoms with Crippen molar-refractivity contribution in [3.8, 4) is 0 Å². The first-order valence-corrected chi connectivity index (χ1v) is 6.98. The van der Waals surface area contributed by atoms with Crippen molar-refractivity contribution < 1.29 is 0 Å². The lowest BCUT2D eigenvalue weighted by atomic mass is 9.75. The molecule has 0 N–H and O–H groups in total. The molecule has 0 rings (SSSR count). The Kier molecular flexibility index (Phi) is 12.2. The molecule has 15 heavy (non-hydrogen) atoms.